The molecule has 0 fully saturated rings. The van der Waals surface area contributed by atoms with Gasteiger partial charge in [0.25, 0.3) is 0 Å². The highest BCUT2D eigenvalue weighted by Gasteiger charge is 2.04. The molecule has 0 bridgehead atoms. The van der Waals surface area contributed by atoms with E-state index in [4.69, 9.17) is 5.11 Å². The number of rotatable bonds is 6. The molecule has 0 radical (unpaired) electrons. The maximum Gasteiger partial charge on any atom is 0.337 e. The number of nitrogens with zero attached hydrogens (tertiary/aromatic N) is 1. The van der Waals surface area contributed by atoms with E-state index in [-0.39, 0.29) is 11.5 Å². The molecule has 17 heavy (non-hydrogen) atoms. The molecular weight excluding hydrogens is 242 g/mol. The second-order valence-corrected chi connectivity index (χ2v) is 4.33. The van der Waals surface area contributed by atoms with Crippen LogP contribution >= 0.6 is 11.8 Å². The molecule has 0 saturated carbocycles. The topological polar surface area (TPSA) is 76.5 Å². The molecule has 92 valence electrons. The Morgan fingerprint density at radius 2 is 2.24 bits per heavy atom. The van der Waals surface area contributed by atoms with E-state index in [1.54, 1.807) is 6.07 Å². The molecule has 0 aliphatic heterocycles. The zero-order chi connectivity index (χ0) is 12.7. The van der Waals surface area contributed by atoms with Gasteiger partial charge in [-0.3, -0.25) is 4.79 Å². The third kappa shape index (κ3) is 4.86. The zero-order valence-corrected chi connectivity index (χ0v) is 10.2. The number of thioether (sulfide) groups is 1. The fourth-order valence-corrected chi connectivity index (χ4v) is 1.88. The van der Waals surface area contributed by atoms with Crippen LogP contribution in [-0.4, -0.2) is 34.9 Å². The van der Waals surface area contributed by atoms with E-state index in [1.807, 2.05) is 0 Å². The predicted molar refractivity (Wildman–Crippen MR) is 63.2 cm³/mol. The number of ether oxygens (including phenoxy) is 1. The van der Waals surface area contributed by atoms with Crippen molar-refractivity contribution in [2.45, 2.75) is 17.9 Å². The van der Waals surface area contributed by atoms with Gasteiger partial charge < -0.3 is 9.84 Å². The summed E-state index contributed by atoms with van der Waals surface area (Å²) in [4.78, 5) is 25.4. The average molecular weight is 255 g/mol. The largest absolute Gasteiger partial charge is 0.478 e. The molecule has 1 rings (SSSR count). The molecule has 6 heteroatoms. The lowest BCUT2D eigenvalue weighted by atomic mass is 10.3. The molecule has 1 heterocycles. The van der Waals surface area contributed by atoms with E-state index in [2.05, 4.69) is 9.72 Å². The van der Waals surface area contributed by atoms with Gasteiger partial charge in [0.15, 0.2) is 0 Å². The zero-order valence-electron chi connectivity index (χ0n) is 9.38. The molecule has 0 atom stereocenters. The fraction of sp³-hybridized carbons (Fsp3) is 0.364. The number of carboxylic acids is 1. The molecule has 1 N–H and O–H groups in total. The van der Waals surface area contributed by atoms with Crippen molar-refractivity contribution in [2.75, 3.05) is 12.9 Å². The quantitative estimate of drug-likeness (QED) is 0.474. The SMILES string of the molecule is COC(=O)CCCSc1ccc(C(=O)O)cn1. The maximum absolute atomic E-state index is 10.8. The van der Waals surface area contributed by atoms with Crippen LogP contribution in [0.15, 0.2) is 23.4 Å². The summed E-state index contributed by atoms with van der Waals surface area (Å²) in [6.07, 6.45) is 2.42. The van der Waals surface area contributed by atoms with Gasteiger partial charge in [-0.2, -0.15) is 0 Å². The number of carboxylic acid groups (broad SMARTS) is 1. The van der Waals surface area contributed by atoms with Crippen molar-refractivity contribution < 1.29 is 19.4 Å². The van der Waals surface area contributed by atoms with Gasteiger partial charge in [0.1, 0.15) is 0 Å². The van der Waals surface area contributed by atoms with E-state index in [0.717, 1.165) is 10.8 Å². The van der Waals surface area contributed by atoms with Crippen molar-refractivity contribution in [2.24, 2.45) is 0 Å². The van der Waals surface area contributed by atoms with E-state index in [0.29, 0.717) is 12.8 Å². The molecule has 0 aliphatic rings. The first-order valence-corrected chi connectivity index (χ1v) is 6.01. The van der Waals surface area contributed by atoms with Gasteiger partial charge in [0.05, 0.1) is 17.7 Å². The Balaban J connectivity index is 2.32. The number of esters is 1. The number of hydrogen-bond donors (Lipinski definition) is 1. The summed E-state index contributed by atoms with van der Waals surface area (Å²) in [6, 6.07) is 3.17. The van der Waals surface area contributed by atoms with Gasteiger partial charge in [-0.25, -0.2) is 9.78 Å². The molecular formula is C11H13NO4S. The van der Waals surface area contributed by atoms with Crippen LogP contribution in [0, 0.1) is 0 Å². The van der Waals surface area contributed by atoms with Gasteiger partial charge >= 0.3 is 11.9 Å². The first kappa shape index (κ1) is 13.5. The number of hydrogen-bond acceptors (Lipinski definition) is 5. The Kier molecular flexibility index (Phi) is 5.48. The predicted octanol–water partition coefficient (Wildman–Crippen LogP) is 1.83. The minimum Gasteiger partial charge on any atom is -0.478 e. The Morgan fingerprint density at radius 1 is 1.47 bits per heavy atom. The van der Waals surface area contributed by atoms with E-state index < -0.39 is 5.97 Å². The van der Waals surface area contributed by atoms with E-state index >= 15 is 0 Å². The number of aromatic carboxylic acids is 1. The van der Waals surface area contributed by atoms with Gasteiger partial charge in [-0.1, -0.05) is 0 Å². The Hall–Kier alpha value is -1.56. The molecule has 0 aliphatic carbocycles. The molecule has 0 spiro atoms. The highest BCUT2D eigenvalue weighted by atomic mass is 32.2. The lowest BCUT2D eigenvalue weighted by Crippen LogP contribution is -2.00. The fourth-order valence-electron chi connectivity index (χ4n) is 1.09. The third-order valence-electron chi connectivity index (χ3n) is 1.99. The van der Waals surface area contributed by atoms with E-state index in [9.17, 15) is 9.59 Å². The van der Waals surface area contributed by atoms with Crippen LogP contribution in [0.3, 0.4) is 0 Å². The van der Waals surface area contributed by atoms with Crippen LogP contribution in [0.4, 0.5) is 0 Å². The van der Waals surface area contributed by atoms with Crippen molar-refractivity contribution in [1.82, 2.24) is 4.98 Å². The number of carbonyl (C=O) groups is 2. The number of methoxy groups -OCH3 is 1. The number of aromatic nitrogens is 1. The molecule has 0 amide bonds. The highest BCUT2D eigenvalue weighted by Crippen LogP contribution is 2.17. The molecule has 0 saturated heterocycles. The van der Waals surface area contributed by atoms with Gasteiger partial charge in [-0.05, 0) is 18.6 Å². The third-order valence-corrected chi connectivity index (χ3v) is 3.02. The lowest BCUT2D eigenvalue weighted by Gasteiger charge is -2.01. The van der Waals surface area contributed by atoms with Crippen LogP contribution in [0.25, 0.3) is 0 Å². The molecule has 0 aromatic carbocycles. The number of pyridine rings is 1. The normalized spacial score (nSPS) is 9.94. The van der Waals surface area contributed by atoms with Crippen molar-refractivity contribution in [1.29, 1.82) is 0 Å². The van der Waals surface area contributed by atoms with E-state index in [1.165, 1.54) is 31.1 Å². The first-order valence-electron chi connectivity index (χ1n) is 5.02. The van der Waals surface area contributed by atoms with Crippen LogP contribution < -0.4 is 0 Å². The van der Waals surface area contributed by atoms with Crippen molar-refractivity contribution in [3.8, 4) is 0 Å². The second-order valence-electron chi connectivity index (χ2n) is 3.22. The summed E-state index contributed by atoms with van der Waals surface area (Å²) in [6.45, 7) is 0. The summed E-state index contributed by atoms with van der Waals surface area (Å²) in [7, 11) is 1.36. The summed E-state index contributed by atoms with van der Waals surface area (Å²) >= 11 is 1.48. The van der Waals surface area contributed by atoms with Gasteiger partial charge in [0, 0.05) is 18.4 Å². The minimum atomic E-state index is -0.986. The lowest BCUT2D eigenvalue weighted by molar-refractivity contribution is -0.140. The Morgan fingerprint density at radius 3 is 2.76 bits per heavy atom. The highest BCUT2D eigenvalue weighted by molar-refractivity contribution is 7.99. The van der Waals surface area contributed by atoms with Gasteiger partial charge in [-0.15, -0.1) is 11.8 Å². The van der Waals surface area contributed by atoms with Crippen molar-refractivity contribution >= 4 is 23.7 Å². The number of carbonyl (C=O) groups excluding carboxylic acids is 1. The maximum atomic E-state index is 10.8. The van der Waals surface area contributed by atoms with Crippen molar-refractivity contribution in [3.63, 3.8) is 0 Å². The first-order chi connectivity index (χ1) is 8.13. The van der Waals surface area contributed by atoms with Crippen molar-refractivity contribution in [3.05, 3.63) is 23.9 Å². The Labute approximate surface area is 103 Å². The van der Waals surface area contributed by atoms with Crippen LogP contribution in [-0.2, 0) is 9.53 Å². The monoisotopic (exact) mass is 255 g/mol. The molecule has 1 aromatic rings. The summed E-state index contributed by atoms with van der Waals surface area (Å²) < 4.78 is 4.52. The Bertz CT molecular complexity index is 391. The molecule has 1 aromatic heterocycles. The van der Waals surface area contributed by atoms with Crippen LogP contribution in [0.5, 0.6) is 0 Å². The smallest absolute Gasteiger partial charge is 0.337 e. The van der Waals surface area contributed by atoms with Crippen LogP contribution in [0.2, 0.25) is 0 Å². The minimum absolute atomic E-state index is 0.170. The summed E-state index contributed by atoms with van der Waals surface area (Å²) in [5.41, 5.74) is 0.170. The molecule has 0 unspecified atom stereocenters. The summed E-state index contributed by atoms with van der Waals surface area (Å²) in [5, 5.41) is 9.43. The standard InChI is InChI=1S/C11H13NO4S/c1-16-10(13)3-2-6-17-9-5-4-8(7-12-9)11(14)15/h4-5,7H,2-3,6H2,1H3,(H,14,15). The van der Waals surface area contributed by atoms with Crippen LogP contribution in [0.1, 0.15) is 23.2 Å². The average Bonchev–Trinajstić information content (AvgIpc) is 2.34. The second kappa shape index (κ2) is 6.90. The van der Waals surface area contributed by atoms with Gasteiger partial charge in [0.2, 0.25) is 0 Å². The molecule has 5 nitrogen and oxygen atoms in total. The summed E-state index contributed by atoms with van der Waals surface area (Å²) in [5.74, 6) is -0.464.